The Morgan fingerprint density at radius 2 is 2.33 bits per heavy atom. The van der Waals surface area contributed by atoms with Crippen molar-refractivity contribution in [3.63, 3.8) is 0 Å². The molecule has 0 aliphatic heterocycles. The zero-order valence-electron chi connectivity index (χ0n) is 11.0. The van der Waals surface area contributed by atoms with E-state index in [0.717, 1.165) is 25.0 Å². The summed E-state index contributed by atoms with van der Waals surface area (Å²) in [4.78, 5) is 10.7. The Hall–Kier alpha value is -1.77. The number of furan rings is 1. The molecule has 0 saturated heterocycles. The van der Waals surface area contributed by atoms with Crippen LogP contribution in [0.2, 0.25) is 0 Å². The molecule has 1 heterocycles. The van der Waals surface area contributed by atoms with Gasteiger partial charge >= 0.3 is 5.97 Å². The number of hydrogen-bond acceptors (Lipinski definition) is 2. The summed E-state index contributed by atoms with van der Waals surface area (Å²) in [7, 11) is 0. The summed E-state index contributed by atoms with van der Waals surface area (Å²) in [6, 6.07) is 1.60. The van der Waals surface area contributed by atoms with Crippen LogP contribution in [0.5, 0.6) is 0 Å². The van der Waals surface area contributed by atoms with E-state index in [1.165, 1.54) is 11.8 Å². The van der Waals surface area contributed by atoms with Crippen LogP contribution in [-0.4, -0.2) is 11.1 Å². The van der Waals surface area contributed by atoms with Crippen LogP contribution in [0.3, 0.4) is 0 Å². The Morgan fingerprint density at radius 3 is 2.89 bits per heavy atom. The van der Waals surface area contributed by atoms with Gasteiger partial charge in [-0.05, 0) is 31.7 Å². The summed E-state index contributed by atoms with van der Waals surface area (Å²) in [5, 5.41) is 8.78. The largest absolute Gasteiger partial charge is 0.478 e. The average Bonchev–Trinajstić information content (AvgIpc) is 2.77. The van der Waals surface area contributed by atoms with Crippen molar-refractivity contribution in [2.24, 2.45) is 5.92 Å². The zero-order valence-corrected chi connectivity index (χ0v) is 11.0. The van der Waals surface area contributed by atoms with Crippen LogP contribution in [0.15, 0.2) is 41.1 Å². The van der Waals surface area contributed by atoms with E-state index in [-0.39, 0.29) is 5.56 Å². The first-order valence-electron chi connectivity index (χ1n) is 6.12. The molecule has 1 aromatic rings. The number of rotatable bonds is 7. The zero-order chi connectivity index (χ0) is 13.5. The molecule has 0 saturated carbocycles. The number of allylic oxidation sites excluding steroid dienone is 3. The minimum Gasteiger partial charge on any atom is -0.478 e. The first-order valence-corrected chi connectivity index (χ1v) is 6.12. The normalized spacial score (nSPS) is 13.3. The maximum absolute atomic E-state index is 10.7. The molecule has 1 rings (SSSR count). The molecule has 18 heavy (non-hydrogen) atoms. The first-order chi connectivity index (χ1) is 8.52. The number of carboxylic acid groups (broad SMARTS) is 1. The highest BCUT2D eigenvalue weighted by Crippen LogP contribution is 2.17. The van der Waals surface area contributed by atoms with E-state index in [1.54, 1.807) is 6.07 Å². The van der Waals surface area contributed by atoms with Crippen molar-refractivity contribution in [3.05, 3.63) is 48.0 Å². The fraction of sp³-hybridized carbons (Fsp3) is 0.400. The van der Waals surface area contributed by atoms with Gasteiger partial charge in [0.05, 0.1) is 5.56 Å². The highest BCUT2D eigenvalue weighted by Gasteiger charge is 2.10. The Morgan fingerprint density at radius 1 is 1.61 bits per heavy atom. The third kappa shape index (κ3) is 4.62. The molecule has 0 aromatic carbocycles. The van der Waals surface area contributed by atoms with Gasteiger partial charge in [-0.2, -0.15) is 0 Å². The highest BCUT2D eigenvalue weighted by molar-refractivity contribution is 5.87. The van der Waals surface area contributed by atoms with Gasteiger partial charge in [-0.3, -0.25) is 0 Å². The van der Waals surface area contributed by atoms with Gasteiger partial charge in [-0.1, -0.05) is 31.2 Å². The summed E-state index contributed by atoms with van der Waals surface area (Å²) in [6.45, 7) is 7.88. The first kappa shape index (κ1) is 14.3. The van der Waals surface area contributed by atoms with Crippen LogP contribution in [0.4, 0.5) is 0 Å². The number of hydrogen-bond donors (Lipinski definition) is 1. The summed E-state index contributed by atoms with van der Waals surface area (Å²) in [5.41, 5.74) is 1.41. The topological polar surface area (TPSA) is 50.4 Å². The van der Waals surface area contributed by atoms with Crippen molar-refractivity contribution in [2.45, 2.75) is 33.1 Å². The van der Waals surface area contributed by atoms with Crippen LogP contribution in [0.1, 0.15) is 42.8 Å². The van der Waals surface area contributed by atoms with Crippen molar-refractivity contribution in [1.29, 1.82) is 0 Å². The molecule has 0 unspecified atom stereocenters. The highest BCUT2D eigenvalue weighted by atomic mass is 16.4. The Kier molecular flexibility index (Phi) is 5.43. The fourth-order valence-electron chi connectivity index (χ4n) is 1.72. The van der Waals surface area contributed by atoms with Crippen LogP contribution in [-0.2, 0) is 6.42 Å². The van der Waals surface area contributed by atoms with Crippen molar-refractivity contribution >= 4 is 5.97 Å². The Labute approximate surface area is 108 Å². The number of carbonyl (C=O) groups is 1. The molecule has 1 aromatic heterocycles. The lowest BCUT2D eigenvalue weighted by molar-refractivity contribution is 0.0696. The predicted molar refractivity (Wildman–Crippen MR) is 71.7 cm³/mol. The molecule has 0 bridgehead atoms. The van der Waals surface area contributed by atoms with Gasteiger partial charge in [-0.15, -0.1) is 0 Å². The van der Waals surface area contributed by atoms with Crippen molar-refractivity contribution < 1.29 is 14.3 Å². The second kappa shape index (κ2) is 6.84. The van der Waals surface area contributed by atoms with E-state index in [0.29, 0.717) is 5.92 Å². The molecule has 1 N–H and O–H groups in total. The predicted octanol–water partition coefficient (Wildman–Crippen LogP) is 4.07. The van der Waals surface area contributed by atoms with Crippen molar-refractivity contribution in [2.75, 3.05) is 0 Å². The van der Waals surface area contributed by atoms with E-state index in [2.05, 4.69) is 19.6 Å². The standard InChI is InChI=1S/C15H20O3/c1-4-11(2)6-5-7-12(3)8-14-9-13(10-18-14)15(16)17/h4,6,9-10,12H,1,5,7-8H2,2-3H3,(H,16,17)/b11-6+/t12-/m1/s1. The molecule has 0 radical (unpaired) electrons. The van der Waals surface area contributed by atoms with E-state index in [1.807, 2.05) is 13.0 Å². The summed E-state index contributed by atoms with van der Waals surface area (Å²) >= 11 is 0. The van der Waals surface area contributed by atoms with Gasteiger partial charge in [0, 0.05) is 6.42 Å². The molecular formula is C15H20O3. The summed E-state index contributed by atoms with van der Waals surface area (Å²) in [6.07, 6.45) is 8.13. The summed E-state index contributed by atoms with van der Waals surface area (Å²) in [5.74, 6) is 0.262. The molecule has 0 aliphatic carbocycles. The molecule has 1 atom stereocenters. The monoisotopic (exact) mass is 248 g/mol. The Bertz CT molecular complexity index is 440. The van der Waals surface area contributed by atoms with Crippen LogP contribution >= 0.6 is 0 Å². The lowest BCUT2D eigenvalue weighted by atomic mass is 9.99. The average molecular weight is 248 g/mol. The van der Waals surface area contributed by atoms with E-state index >= 15 is 0 Å². The second-order valence-corrected chi connectivity index (χ2v) is 4.65. The van der Waals surface area contributed by atoms with Gasteiger partial charge in [0.25, 0.3) is 0 Å². The fourth-order valence-corrected chi connectivity index (χ4v) is 1.72. The van der Waals surface area contributed by atoms with E-state index < -0.39 is 5.97 Å². The molecule has 0 spiro atoms. The van der Waals surface area contributed by atoms with Crippen molar-refractivity contribution in [1.82, 2.24) is 0 Å². The van der Waals surface area contributed by atoms with E-state index in [4.69, 9.17) is 9.52 Å². The molecule has 0 fully saturated rings. The second-order valence-electron chi connectivity index (χ2n) is 4.65. The number of aromatic carboxylic acids is 1. The molecule has 3 heteroatoms. The molecule has 0 aliphatic rings. The minimum absolute atomic E-state index is 0.222. The number of carboxylic acids is 1. The van der Waals surface area contributed by atoms with Gasteiger partial charge in [0.1, 0.15) is 12.0 Å². The SMILES string of the molecule is C=C/C(C)=C/CC[C@@H](C)Cc1cc(C(=O)O)co1. The maximum Gasteiger partial charge on any atom is 0.338 e. The van der Waals surface area contributed by atoms with Gasteiger partial charge in [-0.25, -0.2) is 4.79 Å². The molecule has 98 valence electrons. The van der Waals surface area contributed by atoms with Crippen LogP contribution < -0.4 is 0 Å². The maximum atomic E-state index is 10.7. The minimum atomic E-state index is -0.942. The van der Waals surface area contributed by atoms with Gasteiger partial charge in [0.15, 0.2) is 0 Å². The molecule has 3 nitrogen and oxygen atoms in total. The summed E-state index contributed by atoms with van der Waals surface area (Å²) < 4.78 is 5.23. The van der Waals surface area contributed by atoms with Crippen molar-refractivity contribution in [3.8, 4) is 0 Å². The lowest BCUT2D eigenvalue weighted by Gasteiger charge is -2.07. The van der Waals surface area contributed by atoms with Gasteiger partial charge in [0.2, 0.25) is 0 Å². The lowest BCUT2D eigenvalue weighted by Crippen LogP contribution is -1.98. The third-order valence-corrected chi connectivity index (χ3v) is 2.90. The quantitative estimate of drug-likeness (QED) is 0.740. The third-order valence-electron chi connectivity index (χ3n) is 2.90. The van der Waals surface area contributed by atoms with E-state index in [9.17, 15) is 4.79 Å². The van der Waals surface area contributed by atoms with Crippen LogP contribution in [0, 0.1) is 5.92 Å². The molecular weight excluding hydrogens is 228 g/mol. The van der Waals surface area contributed by atoms with Crippen LogP contribution in [0.25, 0.3) is 0 Å². The molecule has 0 amide bonds. The van der Waals surface area contributed by atoms with Gasteiger partial charge < -0.3 is 9.52 Å². The Balaban J connectivity index is 2.41. The smallest absolute Gasteiger partial charge is 0.338 e.